The topological polar surface area (TPSA) is 64.3 Å². The molecule has 1 amide bonds. The zero-order valence-electron chi connectivity index (χ0n) is 11.1. The molecule has 106 valence electrons. The minimum atomic E-state index is 0. The first-order valence-corrected chi connectivity index (χ1v) is 6.42. The van der Waals surface area contributed by atoms with Crippen molar-refractivity contribution in [2.24, 2.45) is 5.92 Å². The first kappa shape index (κ1) is 15.6. The molecular weight excluding hydrogens is 264 g/mol. The number of anilines is 2. The smallest absolute Gasteiger partial charge is 0.224 e. The molecule has 1 aliphatic rings. The predicted molar refractivity (Wildman–Crippen MR) is 79.9 cm³/mol. The molecule has 0 saturated heterocycles. The Hall–Kier alpha value is -1.42. The van der Waals surface area contributed by atoms with Crippen LogP contribution in [0.4, 0.5) is 11.4 Å². The van der Waals surface area contributed by atoms with Crippen molar-refractivity contribution in [3.63, 3.8) is 0 Å². The Morgan fingerprint density at radius 2 is 2.11 bits per heavy atom. The van der Waals surface area contributed by atoms with Crippen LogP contribution in [-0.4, -0.2) is 13.0 Å². The SMILES string of the molecule is COc1ccc(NC(=O)CC2CCCC2)cc1N.Cl. The average molecular weight is 285 g/mol. The number of nitrogens with two attached hydrogens (primary N) is 1. The van der Waals surface area contributed by atoms with Crippen molar-refractivity contribution in [1.82, 2.24) is 0 Å². The number of methoxy groups -OCH3 is 1. The molecule has 5 heteroatoms. The van der Waals surface area contributed by atoms with Gasteiger partial charge in [-0.3, -0.25) is 4.79 Å². The van der Waals surface area contributed by atoms with Gasteiger partial charge in [-0.15, -0.1) is 12.4 Å². The second-order valence-corrected chi connectivity index (χ2v) is 4.86. The summed E-state index contributed by atoms with van der Waals surface area (Å²) in [6.45, 7) is 0. The highest BCUT2D eigenvalue weighted by atomic mass is 35.5. The summed E-state index contributed by atoms with van der Waals surface area (Å²) in [5.74, 6) is 1.26. The summed E-state index contributed by atoms with van der Waals surface area (Å²) in [4.78, 5) is 11.9. The molecule has 0 atom stereocenters. The maximum absolute atomic E-state index is 11.9. The third-order valence-corrected chi connectivity index (χ3v) is 3.46. The summed E-state index contributed by atoms with van der Waals surface area (Å²) in [6, 6.07) is 5.30. The molecular formula is C14H21ClN2O2. The van der Waals surface area contributed by atoms with E-state index in [4.69, 9.17) is 10.5 Å². The number of halogens is 1. The number of carbonyl (C=O) groups is 1. The third-order valence-electron chi connectivity index (χ3n) is 3.46. The number of hydrogen-bond donors (Lipinski definition) is 2. The largest absolute Gasteiger partial charge is 0.495 e. The average Bonchev–Trinajstić information content (AvgIpc) is 2.82. The van der Waals surface area contributed by atoms with Gasteiger partial charge in [-0.1, -0.05) is 12.8 Å². The van der Waals surface area contributed by atoms with E-state index >= 15 is 0 Å². The lowest BCUT2D eigenvalue weighted by Crippen LogP contribution is -2.15. The van der Waals surface area contributed by atoms with Crippen molar-refractivity contribution in [2.45, 2.75) is 32.1 Å². The van der Waals surface area contributed by atoms with Crippen LogP contribution in [0.15, 0.2) is 18.2 Å². The van der Waals surface area contributed by atoms with E-state index in [9.17, 15) is 4.79 Å². The Morgan fingerprint density at radius 1 is 1.42 bits per heavy atom. The number of nitrogens with one attached hydrogen (secondary N) is 1. The van der Waals surface area contributed by atoms with Crippen LogP contribution in [0, 0.1) is 5.92 Å². The maximum atomic E-state index is 11.9. The van der Waals surface area contributed by atoms with E-state index in [1.165, 1.54) is 25.7 Å². The Morgan fingerprint density at radius 3 is 2.68 bits per heavy atom. The molecule has 0 aromatic heterocycles. The molecule has 2 rings (SSSR count). The maximum Gasteiger partial charge on any atom is 0.224 e. The lowest BCUT2D eigenvalue weighted by molar-refractivity contribution is -0.117. The fraction of sp³-hybridized carbons (Fsp3) is 0.500. The van der Waals surface area contributed by atoms with Crippen LogP contribution >= 0.6 is 12.4 Å². The van der Waals surface area contributed by atoms with E-state index in [1.54, 1.807) is 19.2 Å². The molecule has 1 aromatic carbocycles. The minimum absolute atomic E-state index is 0. The van der Waals surface area contributed by atoms with Gasteiger partial charge < -0.3 is 15.8 Å². The first-order valence-electron chi connectivity index (χ1n) is 6.42. The van der Waals surface area contributed by atoms with Gasteiger partial charge in [-0.25, -0.2) is 0 Å². The zero-order chi connectivity index (χ0) is 13.0. The second kappa shape index (κ2) is 7.24. The number of ether oxygens (including phenoxy) is 1. The number of benzene rings is 1. The predicted octanol–water partition coefficient (Wildman–Crippen LogP) is 3.22. The molecule has 0 radical (unpaired) electrons. The number of carbonyl (C=O) groups excluding carboxylic acids is 1. The van der Waals surface area contributed by atoms with Crippen molar-refractivity contribution in [2.75, 3.05) is 18.2 Å². The van der Waals surface area contributed by atoms with Gasteiger partial charge >= 0.3 is 0 Å². The van der Waals surface area contributed by atoms with Gasteiger partial charge in [0, 0.05) is 12.1 Å². The molecule has 1 aromatic rings. The number of rotatable bonds is 4. The van der Waals surface area contributed by atoms with E-state index in [0.717, 1.165) is 5.69 Å². The summed E-state index contributed by atoms with van der Waals surface area (Å²) in [7, 11) is 1.57. The van der Waals surface area contributed by atoms with Crippen LogP contribution in [0.2, 0.25) is 0 Å². The number of hydrogen-bond acceptors (Lipinski definition) is 3. The van der Waals surface area contributed by atoms with Crippen LogP contribution in [0.5, 0.6) is 5.75 Å². The van der Waals surface area contributed by atoms with Crippen molar-refractivity contribution in [3.05, 3.63) is 18.2 Å². The molecule has 0 unspecified atom stereocenters. The molecule has 0 heterocycles. The molecule has 0 bridgehead atoms. The van der Waals surface area contributed by atoms with Crippen molar-refractivity contribution >= 4 is 29.7 Å². The van der Waals surface area contributed by atoms with E-state index in [-0.39, 0.29) is 18.3 Å². The normalized spacial score (nSPS) is 14.8. The molecule has 1 saturated carbocycles. The van der Waals surface area contributed by atoms with Crippen LogP contribution in [0.3, 0.4) is 0 Å². The van der Waals surface area contributed by atoms with Crippen molar-refractivity contribution < 1.29 is 9.53 Å². The summed E-state index contributed by atoms with van der Waals surface area (Å²) >= 11 is 0. The Labute approximate surface area is 120 Å². The van der Waals surface area contributed by atoms with Gasteiger partial charge in [-0.2, -0.15) is 0 Å². The lowest BCUT2D eigenvalue weighted by Gasteiger charge is -2.11. The van der Waals surface area contributed by atoms with Crippen LogP contribution in [0.1, 0.15) is 32.1 Å². The highest BCUT2D eigenvalue weighted by molar-refractivity contribution is 5.91. The standard InChI is InChI=1S/C14H20N2O2.ClH/c1-18-13-7-6-11(9-12(13)15)16-14(17)8-10-4-2-3-5-10;/h6-7,9-10H,2-5,8,15H2,1H3,(H,16,17);1H. The van der Waals surface area contributed by atoms with Gasteiger partial charge in [0.2, 0.25) is 5.91 Å². The molecule has 1 fully saturated rings. The van der Waals surface area contributed by atoms with Gasteiger partial charge in [0.15, 0.2) is 0 Å². The molecule has 3 N–H and O–H groups in total. The fourth-order valence-electron chi connectivity index (χ4n) is 2.50. The van der Waals surface area contributed by atoms with Crippen LogP contribution in [0.25, 0.3) is 0 Å². The highest BCUT2D eigenvalue weighted by Crippen LogP contribution is 2.28. The molecule has 1 aliphatic carbocycles. The monoisotopic (exact) mass is 284 g/mol. The summed E-state index contributed by atoms with van der Waals surface area (Å²) in [5, 5.41) is 2.89. The van der Waals surface area contributed by atoms with Crippen molar-refractivity contribution in [1.29, 1.82) is 0 Å². The lowest BCUT2D eigenvalue weighted by atomic mass is 10.0. The summed E-state index contributed by atoms with van der Waals surface area (Å²) < 4.78 is 5.07. The Kier molecular flexibility index (Phi) is 5.96. The van der Waals surface area contributed by atoms with E-state index in [0.29, 0.717) is 23.8 Å². The number of amides is 1. The molecule has 0 aliphatic heterocycles. The zero-order valence-corrected chi connectivity index (χ0v) is 12.0. The van der Waals surface area contributed by atoms with E-state index in [2.05, 4.69) is 5.32 Å². The fourth-order valence-corrected chi connectivity index (χ4v) is 2.50. The number of nitrogen functional groups attached to an aromatic ring is 1. The molecule has 19 heavy (non-hydrogen) atoms. The van der Waals surface area contributed by atoms with Gasteiger partial charge in [-0.05, 0) is 37.0 Å². The first-order chi connectivity index (χ1) is 8.69. The summed E-state index contributed by atoms with van der Waals surface area (Å²) in [5.41, 5.74) is 7.07. The Balaban J connectivity index is 0.00000180. The summed E-state index contributed by atoms with van der Waals surface area (Å²) in [6.07, 6.45) is 5.49. The van der Waals surface area contributed by atoms with Gasteiger partial charge in [0.25, 0.3) is 0 Å². The molecule has 4 nitrogen and oxygen atoms in total. The minimum Gasteiger partial charge on any atom is -0.495 e. The Bertz CT molecular complexity index is 431. The van der Waals surface area contributed by atoms with E-state index < -0.39 is 0 Å². The van der Waals surface area contributed by atoms with Crippen molar-refractivity contribution in [3.8, 4) is 5.75 Å². The van der Waals surface area contributed by atoms with Crippen LogP contribution in [-0.2, 0) is 4.79 Å². The molecule has 0 spiro atoms. The van der Waals surface area contributed by atoms with Gasteiger partial charge in [0.05, 0.1) is 12.8 Å². The third kappa shape index (κ3) is 4.31. The second-order valence-electron chi connectivity index (χ2n) is 4.86. The van der Waals surface area contributed by atoms with Crippen LogP contribution < -0.4 is 15.8 Å². The van der Waals surface area contributed by atoms with Gasteiger partial charge in [0.1, 0.15) is 5.75 Å². The van der Waals surface area contributed by atoms with E-state index in [1.807, 2.05) is 6.07 Å². The highest BCUT2D eigenvalue weighted by Gasteiger charge is 2.18. The quantitative estimate of drug-likeness (QED) is 0.835.